The van der Waals surface area contributed by atoms with E-state index in [-0.39, 0.29) is 12.0 Å². The summed E-state index contributed by atoms with van der Waals surface area (Å²) in [5.74, 6) is 1.50. The number of piperazine rings is 1. The average molecular weight is 686 g/mol. The standard InChI is InChI=1S/C38H48ClN7O3/c1-38(2,30-22-31(39)24-33(23-30)40-3)29-4-6-35(7-5-29)49-27-32-8-13-41-37(42-32)46-20-18-45(19-21-46)34-11-16-43(17-12-34)25-28-9-14-44(15-10-28)26-36(47)48/h4-8,13,22-24,28,34H,9-12,14-21,25-27H2,1-2H3,(H,47,48). The van der Waals surface area contributed by atoms with Crippen molar-refractivity contribution in [1.82, 2.24) is 24.7 Å². The molecule has 10 nitrogen and oxygen atoms in total. The van der Waals surface area contributed by atoms with Crippen LogP contribution in [-0.2, 0) is 16.8 Å². The molecule has 0 amide bonds. The highest BCUT2D eigenvalue weighted by molar-refractivity contribution is 6.31. The van der Waals surface area contributed by atoms with Gasteiger partial charge in [-0.1, -0.05) is 43.6 Å². The fourth-order valence-corrected chi connectivity index (χ4v) is 7.78. The normalized spacial score (nSPS) is 19.1. The van der Waals surface area contributed by atoms with Gasteiger partial charge in [0.1, 0.15) is 12.4 Å². The third-order valence-corrected chi connectivity index (χ3v) is 10.9. The monoisotopic (exact) mass is 685 g/mol. The Hall–Kier alpha value is -3.75. The number of rotatable bonds is 11. The summed E-state index contributed by atoms with van der Waals surface area (Å²) < 4.78 is 6.13. The molecule has 3 aliphatic heterocycles. The molecule has 3 saturated heterocycles. The van der Waals surface area contributed by atoms with Crippen LogP contribution in [0.25, 0.3) is 4.85 Å². The number of hydrogen-bond acceptors (Lipinski definition) is 8. The van der Waals surface area contributed by atoms with Crippen LogP contribution in [0.5, 0.6) is 5.75 Å². The van der Waals surface area contributed by atoms with E-state index >= 15 is 0 Å². The van der Waals surface area contributed by atoms with Crippen molar-refractivity contribution >= 4 is 29.2 Å². The minimum Gasteiger partial charge on any atom is -0.487 e. The fourth-order valence-electron chi connectivity index (χ4n) is 7.55. The maximum Gasteiger partial charge on any atom is 0.317 e. The van der Waals surface area contributed by atoms with Crippen LogP contribution in [0.1, 0.15) is 56.4 Å². The third-order valence-electron chi connectivity index (χ3n) is 10.6. The molecule has 11 heteroatoms. The molecule has 4 heterocycles. The Balaban J connectivity index is 0.939. The van der Waals surface area contributed by atoms with Crippen LogP contribution in [0.15, 0.2) is 54.7 Å². The zero-order valence-electron chi connectivity index (χ0n) is 28.7. The molecule has 3 fully saturated rings. The van der Waals surface area contributed by atoms with Gasteiger partial charge in [0, 0.05) is 55.4 Å². The van der Waals surface area contributed by atoms with Gasteiger partial charge in [0.25, 0.3) is 0 Å². The number of likely N-dealkylation sites (tertiary alicyclic amines) is 2. The Bertz CT molecular complexity index is 1600. The lowest BCUT2D eigenvalue weighted by molar-refractivity contribution is -0.138. The van der Waals surface area contributed by atoms with Crippen molar-refractivity contribution in [3.63, 3.8) is 0 Å². The van der Waals surface area contributed by atoms with Gasteiger partial charge in [-0.15, -0.1) is 0 Å². The number of ether oxygens (including phenoxy) is 1. The topological polar surface area (TPSA) is 89.6 Å². The molecule has 2 aromatic carbocycles. The summed E-state index contributed by atoms with van der Waals surface area (Å²) in [6.07, 6.45) is 6.46. The van der Waals surface area contributed by atoms with Crippen molar-refractivity contribution < 1.29 is 14.6 Å². The second kappa shape index (κ2) is 15.9. The van der Waals surface area contributed by atoms with Gasteiger partial charge in [0.2, 0.25) is 5.95 Å². The van der Waals surface area contributed by atoms with Crippen LogP contribution in [-0.4, -0.2) is 107 Å². The Morgan fingerprint density at radius 1 is 0.939 bits per heavy atom. The molecule has 260 valence electrons. The highest BCUT2D eigenvalue weighted by Crippen LogP contribution is 2.36. The average Bonchev–Trinajstić information content (AvgIpc) is 3.12. The number of carboxylic acid groups (broad SMARTS) is 1. The van der Waals surface area contributed by atoms with Crippen LogP contribution in [0.4, 0.5) is 11.6 Å². The van der Waals surface area contributed by atoms with Gasteiger partial charge < -0.3 is 19.6 Å². The maximum atomic E-state index is 11.0. The third kappa shape index (κ3) is 9.08. The highest BCUT2D eigenvalue weighted by atomic mass is 35.5. The van der Waals surface area contributed by atoms with Crippen molar-refractivity contribution in [1.29, 1.82) is 0 Å². The summed E-state index contributed by atoms with van der Waals surface area (Å²) in [5, 5.41) is 9.62. The molecule has 0 radical (unpaired) electrons. The first-order valence-corrected chi connectivity index (χ1v) is 17.9. The van der Waals surface area contributed by atoms with Crippen molar-refractivity contribution in [2.24, 2.45) is 5.92 Å². The fraction of sp³-hybridized carbons (Fsp3) is 0.526. The number of anilines is 1. The molecular weight excluding hydrogens is 638 g/mol. The van der Waals surface area contributed by atoms with E-state index in [4.69, 9.17) is 33.0 Å². The lowest BCUT2D eigenvalue weighted by Crippen LogP contribution is -2.54. The van der Waals surface area contributed by atoms with E-state index in [0.29, 0.717) is 29.3 Å². The molecule has 0 spiro atoms. The molecule has 1 N–H and O–H groups in total. The van der Waals surface area contributed by atoms with E-state index in [9.17, 15) is 4.79 Å². The van der Waals surface area contributed by atoms with E-state index in [1.54, 1.807) is 6.07 Å². The largest absolute Gasteiger partial charge is 0.487 e. The first-order chi connectivity index (χ1) is 23.7. The predicted octanol–water partition coefficient (Wildman–Crippen LogP) is 5.97. The molecule has 0 saturated carbocycles. The molecule has 0 atom stereocenters. The Morgan fingerprint density at radius 3 is 2.31 bits per heavy atom. The van der Waals surface area contributed by atoms with Gasteiger partial charge in [-0.3, -0.25) is 14.6 Å². The first-order valence-electron chi connectivity index (χ1n) is 17.6. The first kappa shape index (κ1) is 35.1. The Labute approximate surface area is 295 Å². The van der Waals surface area contributed by atoms with Gasteiger partial charge in [-0.25, -0.2) is 14.8 Å². The molecule has 0 aliphatic carbocycles. The van der Waals surface area contributed by atoms with Crippen LogP contribution >= 0.6 is 11.6 Å². The maximum absolute atomic E-state index is 11.0. The summed E-state index contributed by atoms with van der Waals surface area (Å²) in [7, 11) is 0. The summed E-state index contributed by atoms with van der Waals surface area (Å²) >= 11 is 6.30. The van der Waals surface area contributed by atoms with Gasteiger partial charge in [-0.2, -0.15) is 0 Å². The number of benzene rings is 2. The van der Waals surface area contributed by atoms with Gasteiger partial charge in [0.15, 0.2) is 5.69 Å². The van der Waals surface area contributed by atoms with Crippen LogP contribution in [0, 0.1) is 12.5 Å². The SMILES string of the molecule is [C-]#[N+]c1cc(Cl)cc(C(C)(C)c2ccc(OCc3ccnc(N4CCN(C5CCN(CC6CCN(CC(=O)O)CC6)CC5)CC4)n3)cc2)c1. The molecule has 3 aliphatic rings. The second-order valence-electron chi connectivity index (χ2n) is 14.3. The summed E-state index contributed by atoms with van der Waals surface area (Å²) in [5.41, 5.74) is 3.18. The Kier molecular flexibility index (Phi) is 11.4. The lowest BCUT2D eigenvalue weighted by Gasteiger charge is -2.43. The van der Waals surface area contributed by atoms with Crippen molar-refractivity contribution in [3.05, 3.63) is 88.0 Å². The summed E-state index contributed by atoms with van der Waals surface area (Å²) in [4.78, 5) is 33.7. The number of carbonyl (C=O) groups is 1. The summed E-state index contributed by atoms with van der Waals surface area (Å²) in [6.45, 7) is 21.3. The molecule has 0 bridgehead atoms. The van der Waals surface area contributed by atoms with E-state index in [1.807, 2.05) is 36.5 Å². The zero-order valence-corrected chi connectivity index (χ0v) is 29.5. The highest BCUT2D eigenvalue weighted by Gasteiger charge is 2.30. The number of aliphatic carboxylic acids is 1. The van der Waals surface area contributed by atoms with Crippen molar-refractivity contribution in [2.75, 3.05) is 70.3 Å². The van der Waals surface area contributed by atoms with Crippen LogP contribution in [0.3, 0.4) is 0 Å². The van der Waals surface area contributed by atoms with Crippen LogP contribution in [0.2, 0.25) is 5.02 Å². The van der Waals surface area contributed by atoms with Gasteiger partial charge >= 0.3 is 5.97 Å². The Morgan fingerprint density at radius 2 is 1.63 bits per heavy atom. The minimum atomic E-state index is -0.721. The minimum absolute atomic E-state index is 0.173. The predicted molar refractivity (Wildman–Crippen MR) is 193 cm³/mol. The van der Waals surface area contributed by atoms with Crippen molar-refractivity contribution in [2.45, 2.75) is 57.6 Å². The summed E-state index contributed by atoms with van der Waals surface area (Å²) in [6, 6.07) is 16.2. The number of carboxylic acids is 1. The van der Waals surface area contributed by atoms with E-state index < -0.39 is 5.97 Å². The van der Waals surface area contributed by atoms with Gasteiger partial charge in [0.05, 0.1) is 18.8 Å². The number of piperidine rings is 2. The smallest absolute Gasteiger partial charge is 0.317 e. The van der Waals surface area contributed by atoms with Crippen LogP contribution < -0.4 is 9.64 Å². The molecular formula is C38H48ClN7O3. The molecule has 1 aromatic heterocycles. The van der Waals surface area contributed by atoms with Crippen molar-refractivity contribution in [3.8, 4) is 5.75 Å². The molecule has 49 heavy (non-hydrogen) atoms. The number of hydrogen-bond donors (Lipinski definition) is 1. The van der Waals surface area contributed by atoms with E-state index in [2.05, 4.69) is 55.4 Å². The second-order valence-corrected chi connectivity index (χ2v) is 14.7. The lowest BCUT2D eigenvalue weighted by atomic mass is 9.78. The number of halogens is 1. The molecule has 6 rings (SSSR count). The van der Waals surface area contributed by atoms with Gasteiger partial charge in [-0.05, 0) is 99.2 Å². The van der Waals surface area contributed by atoms with E-state index in [1.165, 1.54) is 12.8 Å². The molecule has 0 unspecified atom stereocenters. The molecule has 3 aromatic rings. The number of aromatic nitrogens is 2. The van der Waals surface area contributed by atoms with E-state index in [0.717, 1.165) is 100 Å². The number of nitrogens with zero attached hydrogens (tertiary/aromatic N) is 7. The zero-order chi connectivity index (χ0) is 34.4. The quantitative estimate of drug-likeness (QED) is 0.245.